The van der Waals surface area contributed by atoms with Crippen molar-refractivity contribution >= 4 is 5.91 Å². The standard InChI is InChI=1S/C60H117NO13/c1-3-5-7-9-11-13-15-17-19-20-21-22-23-24-25-26-27-28-30-32-34-36-38-40-42-44-52(65)61-48(49(64)43-41-39-37-35-33-31-29-18-16-14-12-10-8-6-4-2)47-71-59-57(70)55(68)58(51(46-63)73-59)74-60-56(69)54(67)53(66)50(45-62)72-60/h48-51,53-60,62-64,66-70H,3-47H2,1-2H3,(H,61,65)/t48-,49+,50+,51+,53-,54?,55?,56?,57?,58+,59+,60-/m0/s1. The summed E-state index contributed by atoms with van der Waals surface area (Å²) < 4.78 is 22.9. The summed E-state index contributed by atoms with van der Waals surface area (Å²) in [5, 5.41) is 87.3. The van der Waals surface area contributed by atoms with Crippen LogP contribution in [0.3, 0.4) is 0 Å². The van der Waals surface area contributed by atoms with Gasteiger partial charge in [0, 0.05) is 6.42 Å². The Labute approximate surface area is 451 Å². The highest BCUT2D eigenvalue weighted by Crippen LogP contribution is 2.30. The average Bonchev–Trinajstić information content (AvgIpc) is 3.40. The Morgan fingerprint density at radius 1 is 0.432 bits per heavy atom. The van der Waals surface area contributed by atoms with Crippen LogP contribution in [0.4, 0.5) is 0 Å². The SMILES string of the molecule is CCCCCCCCCCCCCCCCCCCCCCCCCCCC(=O)N[C@@H](CO[C@@H]1O[C@H](CO)[C@@H](O[C@@H]2O[C@H](CO)[C@H](O)C(O)C2O)C(O)C1O)[C@H](O)CCCCCCCCCCCCCCCCC. The Morgan fingerprint density at radius 2 is 0.770 bits per heavy atom. The van der Waals surface area contributed by atoms with Crippen molar-refractivity contribution in [3.63, 3.8) is 0 Å². The normalized spacial score (nSPS) is 25.1. The zero-order valence-corrected chi connectivity index (χ0v) is 47.4. The quantitative estimate of drug-likeness (QED) is 0.0259. The molecule has 2 rings (SSSR count). The molecular formula is C60H117NO13. The first kappa shape index (κ1) is 69.1. The lowest BCUT2D eigenvalue weighted by atomic mass is 9.97. The molecule has 14 nitrogen and oxygen atoms in total. The third-order valence-corrected chi connectivity index (χ3v) is 15.8. The van der Waals surface area contributed by atoms with Gasteiger partial charge in [-0.15, -0.1) is 0 Å². The van der Waals surface area contributed by atoms with Crippen LogP contribution in [0.1, 0.15) is 284 Å². The van der Waals surface area contributed by atoms with Crippen molar-refractivity contribution in [1.82, 2.24) is 5.32 Å². The van der Waals surface area contributed by atoms with Gasteiger partial charge in [0.15, 0.2) is 12.6 Å². The van der Waals surface area contributed by atoms with Crippen LogP contribution < -0.4 is 5.32 Å². The van der Waals surface area contributed by atoms with Gasteiger partial charge in [-0.25, -0.2) is 0 Å². The highest BCUT2D eigenvalue weighted by Gasteiger charge is 2.51. The minimum atomic E-state index is -1.78. The van der Waals surface area contributed by atoms with E-state index in [2.05, 4.69) is 19.2 Å². The van der Waals surface area contributed by atoms with E-state index in [1.807, 2.05) is 0 Å². The van der Waals surface area contributed by atoms with Gasteiger partial charge in [0.25, 0.3) is 0 Å². The average molecular weight is 1060 g/mol. The maximum atomic E-state index is 13.3. The first-order valence-corrected chi connectivity index (χ1v) is 31.3. The number of nitrogens with one attached hydrogen (secondary N) is 1. The van der Waals surface area contributed by atoms with Crippen LogP contribution >= 0.6 is 0 Å². The lowest BCUT2D eigenvalue weighted by Gasteiger charge is -2.46. The van der Waals surface area contributed by atoms with E-state index in [1.54, 1.807) is 0 Å². The molecule has 0 aromatic carbocycles. The largest absolute Gasteiger partial charge is 0.394 e. The molecule has 440 valence electrons. The Bertz CT molecular complexity index is 1250. The number of aliphatic hydroxyl groups excluding tert-OH is 8. The lowest BCUT2D eigenvalue weighted by Crippen LogP contribution is -2.65. The van der Waals surface area contributed by atoms with Crippen LogP contribution in [0.25, 0.3) is 0 Å². The van der Waals surface area contributed by atoms with Crippen molar-refractivity contribution in [2.75, 3.05) is 19.8 Å². The van der Waals surface area contributed by atoms with Crippen molar-refractivity contribution in [2.45, 2.75) is 357 Å². The first-order valence-electron chi connectivity index (χ1n) is 31.3. The Hall–Kier alpha value is -1.01. The maximum Gasteiger partial charge on any atom is 0.220 e. The Balaban J connectivity index is 1.69. The molecule has 2 aliphatic heterocycles. The molecule has 14 heteroatoms. The van der Waals surface area contributed by atoms with Crippen LogP contribution in [-0.4, -0.2) is 140 Å². The van der Waals surface area contributed by atoms with Crippen LogP contribution in [0, 0.1) is 0 Å². The Kier molecular flexibility index (Phi) is 43.8. The fourth-order valence-corrected chi connectivity index (χ4v) is 10.8. The highest BCUT2D eigenvalue weighted by atomic mass is 16.7. The predicted molar refractivity (Wildman–Crippen MR) is 296 cm³/mol. The molecule has 12 atom stereocenters. The van der Waals surface area contributed by atoms with Gasteiger partial charge in [-0.1, -0.05) is 264 Å². The third kappa shape index (κ3) is 32.2. The molecule has 0 aromatic rings. The molecule has 2 aliphatic rings. The van der Waals surface area contributed by atoms with Crippen molar-refractivity contribution < 1.29 is 64.6 Å². The topological polar surface area (TPSA) is 228 Å². The minimum Gasteiger partial charge on any atom is -0.394 e. The van der Waals surface area contributed by atoms with Gasteiger partial charge in [0.2, 0.25) is 5.91 Å². The van der Waals surface area contributed by atoms with Crippen LogP contribution in [0.2, 0.25) is 0 Å². The number of amides is 1. The first-order chi connectivity index (χ1) is 36.1. The summed E-state index contributed by atoms with van der Waals surface area (Å²) in [5.41, 5.74) is 0. The van der Waals surface area contributed by atoms with Crippen LogP contribution in [-0.2, 0) is 23.7 Å². The molecule has 0 radical (unpaired) electrons. The van der Waals surface area contributed by atoms with E-state index in [0.29, 0.717) is 12.8 Å². The minimum absolute atomic E-state index is 0.199. The summed E-state index contributed by atoms with van der Waals surface area (Å²) in [6.45, 7) is 2.90. The van der Waals surface area contributed by atoms with Crippen LogP contribution in [0.15, 0.2) is 0 Å². The smallest absolute Gasteiger partial charge is 0.220 e. The second-order valence-corrected chi connectivity index (χ2v) is 22.6. The van der Waals surface area contributed by atoms with E-state index in [4.69, 9.17) is 18.9 Å². The van der Waals surface area contributed by atoms with E-state index >= 15 is 0 Å². The maximum absolute atomic E-state index is 13.3. The van der Waals surface area contributed by atoms with Crippen molar-refractivity contribution in [2.24, 2.45) is 0 Å². The molecule has 0 saturated carbocycles. The number of hydrogen-bond donors (Lipinski definition) is 9. The highest BCUT2D eigenvalue weighted by molar-refractivity contribution is 5.76. The van der Waals surface area contributed by atoms with Crippen LogP contribution in [0.5, 0.6) is 0 Å². The fourth-order valence-electron chi connectivity index (χ4n) is 10.8. The van der Waals surface area contributed by atoms with Gasteiger partial charge >= 0.3 is 0 Å². The molecule has 74 heavy (non-hydrogen) atoms. The summed E-state index contributed by atoms with van der Waals surface area (Å²) in [6.07, 6.45) is 35.4. The van der Waals surface area contributed by atoms with Crippen molar-refractivity contribution in [3.05, 3.63) is 0 Å². The zero-order valence-electron chi connectivity index (χ0n) is 47.4. The van der Waals surface area contributed by atoms with Gasteiger partial charge in [-0.2, -0.15) is 0 Å². The number of ether oxygens (including phenoxy) is 4. The molecule has 9 N–H and O–H groups in total. The molecule has 1 amide bonds. The molecule has 0 spiro atoms. The van der Waals surface area contributed by atoms with E-state index < -0.39 is 86.8 Å². The van der Waals surface area contributed by atoms with Crippen molar-refractivity contribution in [1.29, 1.82) is 0 Å². The number of carbonyl (C=O) groups is 1. The van der Waals surface area contributed by atoms with E-state index in [0.717, 1.165) is 51.4 Å². The summed E-state index contributed by atoms with van der Waals surface area (Å²) in [6, 6.07) is -0.822. The van der Waals surface area contributed by atoms with Gasteiger partial charge in [0.05, 0.1) is 32.0 Å². The molecule has 2 fully saturated rings. The molecule has 0 aliphatic carbocycles. The molecule has 2 saturated heterocycles. The van der Waals surface area contributed by atoms with Gasteiger partial charge in [-0.05, 0) is 12.8 Å². The lowest BCUT2D eigenvalue weighted by molar-refractivity contribution is -0.359. The number of hydrogen-bond acceptors (Lipinski definition) is 13. The van der Waals surface area contributed by atoms with Gasteiger partial charge < -0.3 is 65.1 Å². The number of rotatable bonds is 51. The summed E-state index contributed by atoms with van der Waals surface area (Å²) >= 11 is 0. The van der Waals surface area contributed by atoms with Gasteiger partial charge in [-0.3, -0.25) is 4.79 Å². The second kappa shape index (κ2) is 46.9. The molecular weight excluding hydrogens is 943 g/mol. The van der Waals surface area contributed by atoms with Gasteiger partial charge in [0.1, 0.15) is 48.8 Å². The van der Waals surface area contributed by atoms with Crippen molar-refractivity contribution in [3.8, 4) is 0 Å². The van der Waals surface area contributed by atoms with E-state index in [9.17, 15) is 45.6 Å². The fraction of sp³-hybridized carbons (Fsp3) is 0.983. The number of carbonyl (C=O) groups excluding carboxylic acids is 1. The monoisotopic (exact) mass is 1060 g/mol. The summed E-state index contributed by atoms with van der Waals surface area (Å²) in [5.74, 6) is -0.199. The molecule has 2 heterocycles. The van der Waals surface area contributed by atoms with E-state index in [1.165, 1.54) is 205 Å². The molecule has 0 aromatic heterocycles. The third-order valence-electron chi connectivity index (χ3n) is 15.8. The zero-order chi connectivity index (χ0) is 53.9. The Morgan fingerprint density at radius 3 is 1.15 bits per heavy atom. The number of aliphatic hydroxyl groups is 8. The number of unbranched alkanes of at least 4 members (excludes halogenated alkanes) is 38. The summed E-state index contributed by atoms with van der Waals surface area (Å²) in [7, 11) is 0. The summed E-state index contributed by atoms with van der Waals surface area (Å²) in [4.78, 5) is 13.3. The second-order valence-electron chi connectivity index (χ2n) is 22.6. The predicted octanol–water partition coefficient (Wildman–Crippen LogP) is 10.9. The molecule has 4 unspecified atom stereocenters. The molecule has 0 bridgehead atoms. The van der Waals surface area contributed by atoms with E-state index in [-0.39, 0.29) is 12.5 Å².